The molecule has 0 fully saturated rings. The molecule has 1 rings (SSSR count). The number of hydrogen-bond acceptors (Lipinski definition) is 3. The first-order valence-electron chi connectivity index (χ1n) is 6.30. The Morgan fingerprint density at radius 2 is 2.00 bits per heavy atom. The van der Waals surface area contributed by atoms with Crippen LogP contribution in [0.1, 0.15) is 47.1 Å². The highest BCUT2D eigenvalue weighted by Crippen LogP contribution is 2.15. The zero-order chi connectivity index (χ0) is 14.6. The van der Waals surface area contributed by atoms with E-state index in [1.54, 1.807) is 12.3 Å². The van der Waals surface area contributed by atoms with Crippen LogP contribution >= 0.6 is 0 Å². The van der Waals surface area contributed by atoms with E-state index in [1.807, 2.05) is 47.6 Å². The van der Waals surface area contributed by atoms with Crippen LogP contribution in [-0.2, 0) is 11.0 Å². The summed E-state index contributed by atoms with van der Waals surface area (Å²) in [5.74, 6) is 0.587. The number of hydrogen-bond donors (Lipinski definition) is 0. The lowest BCUT2D eigenvalue weighted by Crippen LogP contribution is -2.20. The lowest BCUT2D eigenvalue weighted by atomic mass is 10.2. The van der Waals surface area contributed by atoms with Crippen molar-refractivity contribution >= 4 is 16.7 Å². The fraction of sp³-hybridized carbons (Fsp3) is 0.571. The predicted octanol–water partition coefficient (Wildman–Crippen LogP) is 3.14. The molecule has 0 aliphatic rings. The predicted molar refractivity (Wildman–Crippen MR) is 80.1 cm³/mol. The second kappa shape index (κ2) is 6.28. The number of nitrogens with zero attached hydrogens (tertiary/aromatic N) is 2. The van der Waals surface area contributed by atoms with E-state index in [9.17, 15) is 4.21 Å². The summed E-state index contributed by atoms with van der Waals surface area (Å²) in [4.78, 5) is 4.21. The summed E-state index contributed by atoms with van der Waals surface area (Å²) >= 11 is 0. The highest BCUT2D eigenvalue weighted by atomic mass is 32.2. The van der Waals surface area contributed by atoms with Gasteiger partial charge in [-0.05, 0) is 47.6 Å². The van der Waals surface area contributed by atoms with Crippen LogP contribution in [0.4, 0.5) is 0 Å². The second-order valence-electron chi connectivity index (χ2n) is 5.59. The van der Waals surface area contributed by atoms with E-state index in [4.69, 9.17) is 4.74 Å². The van der Waals surface area contributed by atoms with Gasteiger partial charge < -0.3 is 4.74 Å². The first-order chi connectivity index (χ1) is 8.70. The molecule has 0 radical (unpaired) electrons. The van der Waals surface area contributed by atoms with E-state index in [0.29, 0.717) is 5.88 Å². The topological polar surface area (TPSA) is 51.5 Å². The Morgan fingerprint density at radius 1 is 1.37 bits per heavy atom. The quantitative estimate of drug-likeness (QED) is 0.797. The molecule has 0 aromatic carbocycles. The van der Waals surface area contributed by atoms with Crippen LogP contribution in [0.25, 0.3) is 0 Å². The number of aromatic nitrogens is 1. The Balaban J connectivity index is 2.86. The van der Waals surface area contributed by atoms with Crippen LogP contribution in [0.3, 0.4) is 0 Å². The van der Waals surface area contributed by atoms with Gasteiger partial charge in [0.15, 0.2) is 0 Å². The van der Waals surface area contributed by atoms with Crippen LogP contribution < -0.4 is 4.74 Å². The maximum Gasteiger partial charge on any atom is 0.213 e. The van der Waals surface area contributed by atoms with Gasteiger partial charge in [-0.15, -0.1) is 0 Å². The van der Waals surface area contributed by atoms with E-state index in [-0.39, 0.29) is 10.9 Å². The molecule has 19 heavy (non-hydrogen) atoms. The second-order valence-corrected chi connectivity index (χ2v) is 7.50. The van der Waals surface area contributed by atoms with Crippen LogP contribution in [0.15, 0.2) is 22.7 Å². The summed E-state index contributed by atoms with van der Waals surface area (Å²) in [6.07, 6.45) is 1.79. The molecule has 0 aliphatic carbocycles. The van der Waals surface area contributed by atoms with Crippen molar-refractivity contribution in [3.05, 3.63) is 23.9 Å². The zero-order valence-electron chi connectivity index (χ0n) is 12.4. The first kappa shape index (κ1) is 15.8. The van der Waals surface area contributed by atoms with Gasteiger partial charge in [0, 0.05) is 17.8 Å². The zero-order valence-corrected chi connectivity index (χ0v) is 13.2. The molecular weight excluding hydrogens is 260 g/mol. The minimum Gasteiger partial charge on any atom is -0.475 e. The summed E-state index contributed by atoms with van der Waals surface area (Å²) < 4.78 is 21.3. The van der Waals surface area contributed by atoms with Crippen molar-refractivity contribution in [1.82, 2.24) is 4.98 Å². The van der Waals surface area contributed by atoms with Crippen molar-refractivity contribution in [2.75, 3.05) is 0 Å². The summed E-state index contributed by atoms with van der Waals surface area (Å²) in [5, 5.41) is 0. The van der Waals surface area contributed by atoms with E-state index < -0.39 is 11.0 Å². The van der Waals surface area contributed by atoms with Gasteiger partial charge in [-0.25, -0.2) is 9.19 Å². The monoisotopic (exact) mass is 282 g/mol. The molecule has 4 nitrogen and oxygen atoms in total. The summed E-state index contributed by atoms with van der Waals surface area (Å²) in [7, 11) is -1.25. The SMILES string of the molecule is C/C(=N/[S@@](=O)C(C)(C)C)c1ccc(OC(C)C)nc1. The van der Waals surface area contributed by atoms with Crippen molar-refractivity contribution in [1.29, 1.82) is 0 Å². The Labute approximate surface area is 117 Å². The number of pyridine rings is 1. The van der Waals surface area contributed by atoms with Crippen LogP contribution in [-0.4, -0.2) is 25.8 Å². The van der Waals surface area contributed by atoms with Crippen LogP contribution in [0, 0.1) is 0 Å². The lowest BCUT2D eigenvalue weighted by Gasteiger charge is -2.14. The average Bonchev–Trinajstić information content (AvgIpc) is 2.27. The molecular formula is C14H22N2O2S. The van der Waals surface area contributed by atoms with Gasteiger partial charge in [0.25, 0.3) is 0 Å². The molecule has 0 bridgehead atoms. The minimum absolute atomic E-state index is 0.0986. The lowest BCUT2D eigenvalue weighted by molar-refractivity contribution is 0.232. The molecule has 1 aromatic heterocycles. The van der Waals surface area contributed by atoms with Crippen molar-refractivity contribution in [2.45, 2.75) is 52.4 Å². The Morgan fingerprint density at radius 3 is 2.42 bits per heavy atom. The third kappa shape index (κ3) is 5.11. The molecule has 1 heterocycles. The molecule has 0 saturated carbocycles. The van der Waals surface area contributed by atoms with E-state index >= 15 is 0 Å². The van der Waals surface area contributed by atoms with Gasteiger partial charge in [-0.1, -0.05) is 0 Å². The third-order valence-corrected chi connectivity index (χ3v) is 3.74. The fourth-order valence-electron chi connectivity index (χ4n) is 1.22. The largest absolute Gasteiger partial charge is 0.475 e. The standard InChI is InChI=1S/C14H22N2O2S/c1-10(2)18-13-8-7-12(9-15-13)11(3)16-19(17)14(4,5)6/h7-10H,1-6H3/b16-11-/t19-/m0/s1. The molecule has 1 aromatic rings. The normalized spacial score (nSPS) is 14.6. The molecule has 0 aliphatic heterocycles. The third-order valence-electron chi connectivity index (χ3n) is 2.25. The molecule has 1 atom stereocenters. The molecule has 0 unspecified atom stereocenters. The van der Waals surface area contributed by atoms with Crippen molar-refractivity contribution in [3.63, 3.8) is 0 Å². The van der Waals surface area contributed by atoms with Gasteiger partial charge in [-0.3, -0.25) is 0 Å². The van der Waals surface area contributed by atoms with Crippen molar-refractivity contribution in [3.8, 4) is 5.88 Å². The van der Waals surface area contributed by atoms with E-state index in [2.05, 4.69) is 9.38 Å². The highest BCUT2D eigenvalue weighted by molar-refractivity contribution is 7.85. The number of rotatable bonds is 4. The van der Waals surface area contributed by atoms with Gasteiger partial charge in [-0.2, -0.15) is 4.40 Å². The van der Waals surface area contributed by atoms with Crippen molar-refractivity contribution in [2.24, 2.45) is 4.40 Å². The summed E-state index contributed by atoms with van der Waals surface area (Å²) in [6, 6.07) is 3.68. The maximum absolute atomic E-state index is 11.9. The van der Waals surface area contributed by atoms with E-state index in [0.717, 1.165) is 11.3 Å². The van der Waals surface area contributed by atoms with Gasteiger partial charge in [0.2, 0.25) is 5.88 Å². The van der Waals surface area contributed by atoms with Gasteiger partial charge >= 0.3 is 0 Å². The summed E-state index contributed by atoms with van der Waals surface area (Å²) in [6.45, 7) is 11.4. The molecule has 5 heteroatoms. The molecule has 0 amide bonds. The molecule has 0 saturated heterocycles. The molecule has 0 spiro atoms. The first-order valence-corrected chi connectivity index (χ1v) is 7.41. The Kier molecular flexibility index (Phi) is 5.23. The van der Waals surface area contributed by atoms with Crippen LogP contribution in [0.5, 0.6) is 5.88 Å². The van der Waals surface area contributed by atoms with Gasteiger partial charge in [0.1, 0.15) is 11.0 Å². The fourth-order valence-corrected chi connectivity index (χ4v) is 1.85. The molecule has 0 N–H and O–H groups in total. The summed E-state index contributed by atoms with van der Waals surface area (Å²) in [5.41, 5.74) is 1.57. The Bertz CT molecular complexity index is 473. The van der Waals surface area contributed by atoms with E-state index in [1.165, 1.54) is 0 Å². The molecule has 106 valence electrons. The smallest absolute Gasteiger partial charge is 0.213 e. The maximum atomic E-state index is 11.9. The van der Waals surface area contributed by atoms with Crippen molar-refractivity contribution < 1.29 is 8.95 Å². The Hall–Kier alpha value is -1.23. The van der Waals surface area contributed by atoms with Crippen LogP contribution in [0.2, 0.25) is 0 Å². The highest BCUT2D eigenvalue weighted by Gasteiger charge is 2.19. The van der Waals surface area contributed by atoms with Gasteiger partial charge in [0.05, 0.1) is 16.6 Å². The minimum atomic E-state index is -1.25. The average molecular weight is 282 g/mol. The number of ether oxygens (including phenoxy) is 1.